The number of nitrogens with two attached hydrogens (primary N) is 1. The zero-order chi connectivity index (χ0) is 14.5. The van der Waals surface area contributed by atoms with E-state index in [9.17, 15) is 4.79 Å². The Morgan fingerprint density at radius 1 is 1.47 bits per heavy atom. The lowest BCUT2D eigenvalue weighted by Gasteiger charge is -2.29. The van der Waals surface area contributed by atoms with E-state index in [0.29, 0.717) is 24.5 Å². The Kier molecular flexibility index (Phi) is 5.18. The molecule has 0 aliphatic heterocycles. The van der Waals surface area contributed by atoms with Gasteiger partial charge in [-0.1, -0.05) is 19.9 Å². The van der Waals surface area contributed by atoms with Gasteiger partial charge in [0.15, 0.2) is 0 Å². The van der Waals surface area contributed by atoms with Gasteiger partial charge in [0, 0.05) is 25.3 Å². The highest BCUT2D eigenvalue weighted by Crippen LogP contribution is 2.18. The predicted octanol–water partition coefficient (Wildman–Crippen LogP) is 2.14. The number of carbonyl (C=O) groups is 1. The van der Waals surface area contributed by atoms with E-state index in [-0.39, 0.29) is 11.4 Å². The molecule has 106 valence electrons. The number of nitrogens with zero attached hydrogens (tertiary/aromatic N) is 1. The van der Waals surface area contributed by atoms with Crippen molar-refractivity contribution >= 4 is 11.7 Å². The van der Waals surface area contributed by atoms with Crippen LogP contribution < -0.4 is 15.8 Å². The van der Waals surface area contributed by atoms with Crippen molar-refractivity contribution in [1.82, 2.24) is 4.90 Å². The molecule has 2 amide bonds. The summed E-state index contributed by atoms with van der Waals surface area (Å²) in [6, 6.07) is 7.10. The van der Waals surface area contributed by atoms with Crippen LogP contribution in [-0.2, 0) is 0 Å². The van der Waals surface area contributed by atoms with Gasteiger partial charge in [0.25, 0.3) is 0 Å². The lowest BCUT2D eigenvalue weighted by molar-refractivity contribution is 0.197. The Balaban J connectivity index is 2.63. The van der Waals surface area contributed by atoms with Crippen LogP contribution in [0.5, 0.6) is 5.75 Å². The van der Waals surface area contributed by atoms with Gasteiger partial charge in [-0.2, -0.15) is 0 Å². The summed E-state index contributed by atoms with van der Waals surface area (Å²) < 4.78 is 5.11. The number of methoxy groups -OCH3 is 1. The van der Waals surface area contributed by atoms with Crippen LogP contribution in [0.1, 0.15) is 13.8 Å². The first kappa shape index (κ1) is 15.3. The summed E-state index contributed by atoms with van der Waals surface area (Å²) in [5.74, 6) is 0.711. The van der Waals surface area contributed by atoms with Crippen molar-refractivity contribution in [1.29, 1.82) is 0 Å². The van der Waals surface area contributed by atoms with Crippen molar-refractivity contribution in [2.75, 3.05) is 32.6 Å². The SMILES string of the molecule is COc1cccc(NC(=O)N(C)CC(C)(C)CN)c1. The Labute approximate surface area is 114 Å². The normalized spacial score (nSPS) is 11.0. The molecule has 1 aromatic rings. The molecule has 0 bridgehead atoms. The fourth-order valence-corrected chi connectivity index (χ4v) is 1.70. The molecule has 0 saturated carbocycles. The fourth-order valence-electron chi connectivity index (χ4n) is 1.70. The van der Waals surface area contributed by atoms with E-state index in [1.54, 1.807) is 25.1 Å². The zero-order valence-electron chi connectivity index (χ0n) is 12.1. The summed E-state index contributed by atoms with van der Waals surface area (Å²) >= 11 is 0. The number of hydrogen-bond donors (Lipinski definition) is 2. The Morgan fingerprint density at radius 2 is 2.16 bits per heavy atom. The first-order valence-electron chi connectivity index (χ1n) is 6.24. The smallest absolute Gasteiger partial charge is 0.321 e. The Bertz CT molecular complexity index is 432. The molecule has 0 spiro atoms. The number of nitrogens with one attached hydrogen (secondary N) is 1. The van der Waals surface area contributed by atoms with Crippen molar-refractivity contribution in [3.8, 4) is 5.75 Å². The molecule has 1 rings (SSSR count). The van der Waals surface area contributed by atoms with Gasteiger partial charge in [-0.25, -0.2) is 4.79 Å². The second-order valence-corrected chi connectivity index (χ2v) is 5.39. The highest BCUT2D eigenvalue weighted by atomic mass is 16.5. The van der Waals surface area contributed by atoms with Crippen LogP contribution in [0, 0.1) is 5.41 Å². The first-order chi connectivity index (χ1) is 8.88. The number of benzene rings is 1. The van der Waals surface area contributed by atoms with Crippen LogP contribution in [0.15, 0.2) is 24.3 Å². The highest BCUT2D eigenvalue weighted by molar-refractivity contribution is 5.89. The maximum absolute atomic E-state index is 12.0. The molecule has 5 nitrogen and oxygen atoms in total. The van der Waals surface area contributed by atoms with Crippen molar-refractivity contribution < 1.29 is 9.53 Å². The third-order valence-corrected chi connectivity index (χ3v) is 2.89. The van der Waals surface area contributed by atoms with Gasteiger partial charge in [0.1, 0.15) is 5.75 Å². The van der Waals surface area contributed by atoms with E-state index in [0.717, 1.165) is 0 Å². The largest absolute Gasteiger partial charge is 0.497 e. The fraction of sp³-hybridized carbons (Fsp3) is 0.500. The summed E-state index contributed by atoms with van der Waals surface area (Å²) in [5, 5.41) is 2.83. The highest BCUT2D eigenvalue weighted by Gasteiger charge is 2.21. The number of carbonyl (C=O) groups excluding carboxylic acids is 1. The maximum atomic E-state index is 12.0. The summed E-state index contributed by atoms with van der Waals surface area (Å²) in [5.41, 5.74) is 6.28. The molecule has 0 saturated heterocycles. The standard InChI is InChI=1S/C14H23N3O2/c1-14(2,9-15)10-17(3)13(18)16-11-6-5-7-12(8-11)19-4/h5-8H,9-10,15H2,1-4H3,(H,16,18). The molecule has 1 aromatic carbocycles. The predicted molar refractivity (Wildman–Crippen MR) is 77.5 cm³/mol. The minimum Gasteiger partial charge on any atom is -0.497 e. The quantitative estimate of drug-likeness (QED) is 0.857. The number of rotatable bonds is 5. The average Bonchev–Trinajstić information content (AvgIpc) is 2.38. The molecule has 0 fully saturated rings. The molecule has 0 aliphatic carbocycles. The lowest BCUT2D eigenvalue weighted by Crippen LogP contribution is -2.41. The molecule has 0 unspecified atom stereocenters. The van der Waals surface area contributed by atoms with Gasteiger partial charge < -0.3 is 20.7 Å². The second-order valence-electron chi connectivity index (χ2n) is 5.39. The van der Waals surface area contributed by atoms with E-state index in [1.165, 1.54) is 0 Å². The molecule has 3 N–H and O–H groups in total. The topological polar surface area (TPSA) is 67.6 Å². The monoisotopic (exact) mass is 265 g/mol. The minimum absolute atomic E-state index is 0.0968. The van der Waals surface area contributed by atoms with Gasteiger partial charge in [-0.3, -0.25) is 0 Å². The third kappa shape index (κ3) is 4.79. The Hall–Kier alpha value is -1.75. The molecular weight excluding hydrogens is 242 g/mol. The van der Waals surface area contributed by atoms with Crippen molar-refractivity contribution in [3.05, 3.63) is 24.3 Å². The Morgan fingerprint density at radius 3 is 2.74 bits per heavy atom. The van der Waals surface area contributed by atoms with Gasteiger partial charge in [0.2, 0.25) is 0 Å². The minimum atomic E-state index is -0.158. The second kappa shape index (κ2) is 6.43. The van der Waals surface area contributed by atoms with Crippen LogP contribution in [0.4, 0.5) is 10.5 Å². The van der Waals surface area contributed by atoms with Crippen LogP contribution in [0.25, 0.3) is 0 Å². The third-order valence-electron chi connectivity index (χ3n) is 2.89. The molecule has 0 radical (unpaired) electrons. The molecule has 0 aliphatic rings. The van der Waals surface area contributed by atoms with E-state index in [1.807, 2.05) is 32.0 Å². The van der Waals surface area contributed by atoms with Gasteiger partial charge in [0.05, 0.1) is 7.11 Å². The number of amides is 2. The van der Waals surface area contributed by atoms with Gasteiger partial charge >= 0.3 is 6.03 Å². The van der Waals surface area contributed by atoms with Gasteiger partial charge in [-0.05, 0) is 24.1 Å². The number of urea groups is 1. The molecular formula is C14H23N3O2. The average molecular weight is 265 g/mol. The zero-order valence-corrected chi connectivity index (χ0v) is 12.1. The summed E-state index contributed by atoms with van der Waals surface area (Å²) in [6.07, 6.45) is 0. The van der Waals surface area contributed by atoms with Crippen LogP contribution >= 0.6 is 0 Å². The summed E-state index contributed by atoms with van der Waals surface area (Å²) in [6.45, 7) is 5.19. The van der Waals surface area contributed by atoms with Crippen LogP contribution in [0.2, 0.25) is 0 Å². The first-order valence-corrected chi connectivity index (χ1v) is 6.24. The lowest BCUT2D eigenvalue weighted by atomic mass is 9.93. The summed E-state index contributed by atoms with van der Waals surface area (Å²) in [4.78, 5) is 13.7. The van der Waals surface area contributed by atoms with E-state index >= 15 is 0 Å². The van der Waals surface area contributed by atoms with Crippen molar-refractivity contribution in [3.63, 3.8) is 0 Å². The van der Waals surface area contributed by atoms with E-state index < -0.39 is 0 Å². The number of hydrogen-bond acceptors (Lipinski definition) is 3. The molecule has 19 heavy (non-hydrogen) atoms. The number of ether oxygens (including phenoxy) is 1. The maximum Gasteiger partial charge on any atom is 0.321 e. The van der Waals surface area contributed by atoms with Gasteiger partial charge in [-0.15, -0.1) is 0 Å². The van der Waals surface area contributed by atoms with Crippen molar-refractivity contribution in [2.24, 2.45) is 11.1 Å². The van der Waals surface area contributed by atoms with E-state index in [2.05, 4.69) is 5.32 Å². The molecule has 0 atom stereocenters. The number of anilines is 1. The summed E-state index contributed by atoms with van der Waals surface area (Å²) in [7, 11) is 3.35. The molecule has 0 aromatic heterocycles. The van der Waals surface area contributed by atoms with Crippen LogP contribution in [0.3, 0.4) is 0 Å². The van der Waals surface area contributed by atoms with Crippen molar-refractivity contribution in [2.45, 2.75) is 13.8 Å². The molecule has 5 heteroatoms. The molecule has 0 heterocycles. The van der Waals surface area contributed by atoms with Crippen LogP contribution in [-0.4, -0.2) is 38.2 Å². The van der Waals surface area contributed by atoms with E-state index in [4.69, 9.17) is 10.5 Å².